The molecule has 0 heterocycles. The molecule has 0 radical (unpaired) electrons. The van der Waals surface area contributed by atoms with E-state index in [4.69, 9.17) is 0 Å². The fourth-order valence-corrected chi connectivity index (χ4v) is 1.16. The van der Waals surface area contributed by atoms with Crippen LogP contribution in [0.25, 0.3) is 0 Å². The first-order chi connectivity index (χ1) is 6.56. The van der Waals surface area contributed by atoms with Crippen LogP contribution in [0, 0.1) is 11.6 Å². The third-order valence-corrected chi connectivity index (χ3v) is 1.98. The number of hydrogen-bond donors (Lipinski definition) is 0. The van der Waals surface area contributed by atoms with Gasteiger partial charge in [0.2, 0.25) is 0 Å². The van der Waals surface area contributed by atoms with E-state index in [1.54, 1.807) is 0 Å². The van der Waals surface area contributed by atoms with Gasteiger partial charge >= 0.3 is 5.97 Å². The lowest BCUT2D eigenvalue weighted by Gasteiger charge is -2.09. The first-order valence-electron chi connectivity index (χ1n) is 4.09. The molecule has 76 valence electrons. The van der Waals surface area contributed by atoms with E-state index < -0.39 is 23.5 Å². The summed E-state index contributed by atoms with van der Waals surface area (Å²) in [6.45, 7) is 1.50. The van der Waals surface area contributed by atoms with Crippen LogP contribution in [0.5, 0.6) is 0 Å². The second kappa shape index (κ2) is 4.17. The van der Waals surface area contributed by atoms with Crippen molar-refractivity contribution in [2.75, 3.05) is 7.11 Å². The second-order valence-corrected chi connectivity index (χ2v) is 2.91. The normalized spacial score (nSPS) is 12.3. The molecule has 0 spiro atoms. The van der Waals surface area contributed by atoms with Crippen LogP contribution >= 0.6 is 0 Å². The van der Waals surface area contributed by atoms with Crippen LogP contribution in [-0.2, 0) is 9.53 Å². The zero-order valence-electron chi connectivity index (χ0n) is 7.88. The summed E-state index contributed by atoms with van der Waals surface area (Å²) >= 11 is 0. The molecule has 0 amide bonds. The van der Waals surface area contributed by atoms with Crippen molar-refractivity contribution in [1.82, 2.24) is 0 Å². The predicted molar refractivity (Wildman–Crippen MR) is 46.8 cm³/mol. The molecule has 0 aliphatic carbocycles. The van der Waals surface area contributed by atoms with Crippen molar-refractivity contribution in [1.29, 1.82) is 0 Å². The minimum Gasteiger partial charge on any atom is -0.469 e. The number of ether oxygens (including phenoxy) is 1. The second-order valence-electron chi connectivity index (χ2n) is 2.91. The maximum atomic E-state index is 13.1. The molecule has 0 aromatic heterocycles. The van der Waals surface area contributed by atoms with Crippen molar-refractivity contribution in [3.8, 4) is 0 Å². The Bertz CT molecular complexity index is 350. The quantitative estimate of drug-likeness (QED) is 0.684. The van der Waals surface area contributed by atoms with Crippen LogP contribution in [0.2, 0.25) is 0 Å². The Morgan fingerprint density at radius 2 is 2.07 bits per heavy atom. The Balaban J connectivity index is 3.01. The minimum absolute atomic E-state index is 0.137. The van der Waals surface area contributed by atoms with Crippen molar-refractivity contribution in [3.63, 3.8) is 0 Å². The topological polar surface area (TPSA) is 26.3 Å². The first kappa shape index (κ1) is 10.6. The van der Waals surface area contributed by atoms with Crippen LogP contribution in [0.3, 0.4) is 0 Å². The molecule has 4 heteroatoms. The van der Waals surface area contributed by atoms with E-state index in [1.165, 1.54) is 20.1 Å². The maximum absolute atomic E-state index is 13.1. The summed E-state index contributed by atoms with van der Waals surface area (Å²) in [4.78, 5) is 11.1. The lowest BCUT2D eigenvalue weighted by Crippen LogP contribution is -2.12. The number of carbonyl (C=O) groups excluding carboxylic acids is 1. The summed E-state index contributed by atoms with van der Waals surface area (Å²) in [5.41, 5.74) is 0.137. The molecule has 0 saturated carbocycles. The summed E-state index contributed by atoms with van der Waals surface area (Å²) in [5.74, 6) is -2.66. The molecule has 0 saturated heterocycles. The van der Waals surface area contributed by atoms with Crippen molar-refractivity contribution in [2.45, 2.75) is 12.8 Å². The number of rotatable bonds is 2. The van der Waals surface area contributed by atoms with Gasteiger partial charge in [0.05, 0.1) is 13.0 Å². The molecule has 0 aliphatic rings. The zero-order valence-corrected chi connectivity index (χ0v) is 7.88. The molecule has 1 unspecified atom stereocenters. The van der Waals surface area contributed by atoms with E-state index in [9.17, 15) is 13.6 Å². The van der Waals surface area contributed by atoms with Gasteiger partial charge in [0.25, 0.3) is 0 Å². The van der Waals surface area contributed by atoms with Crippen molar-refractivity contribution in [2.24, 2.45) is 0 Å². The van der Waals surface area contributed by atoms with E-state index in [0.717, 1.165) is 12.1 Å². The Morgan fingerprint density at radius 1 is 1.43 bits per heavy atom. The lowest BCUT2D eigenvalue weighted by molar-refractivity contribution is -0.142. The van der Waals surface area contributed by atoms with Crippen molar-refractivity contribution < 1.29 is 18.3 Å². The number of methoxy groups -OCH3 is 1. The van der Waals surface area contributed by atoms with Gasteiger partial charge in [-0.15, -0.1) is 0 Å². The Labute approximate surface area is 80.5 Å². The summed E-state index contributed by atoms with van der Waals surface area (Å²) in [5, 5.41) is 0. The van der Waals surface area contributed by atoms with Crippen LogP contribution in [-0.4, -0.2) is 13.1 Å². The number of benzene rings is 1. The summed E-state index contributed by atoms with van der Waals surface area (Å²) in [7, 11) is 1.22. The summed E-state index contributed by atoms with van der Waals surface area (Å²) < 4.78 is 30.1. The van der Waals surface area contributed by atoms with E-state index in [1.807, 2.05) is 0 Å². The summed E-state index contributed by atoms with van der Waals surface area (Å²) in [6.07, 6.45) is 0. The Hall–Kier alpha value is -1.45. The fourth-order valence-electron chi connectivity index (χ4n) is 1.16. The molecule has 1 atom stereocenters. The molecule has 1 aromatic carbocycles. The maximum Gasteiger partial charge on any atom is 0.312 e. The third-order valence-electron chi connectivity index (χ3n) is 1.98. The molecule has 2 nitrogen and oxygen atoms in total. The highest BCUT2D eigenvalue weighted by molar-refractivity contribution is 5.77. The van der Waals surface area contributed by atoms with Crippen molar-refractivity contribution >= 4 is 5.97 Å². The van der Waals surface area contributed by atoms with Gasteiger partial charge in [0, 0.05) is 11.6 Å². The fraction of sp³-hybridized carbons (Fsp3) is 0.300. The van der Waals surface area contributed by atoms with Crippen LogP contribution in [0.4, 0.5) is 8.78 Å². The van der Waals surface area contributed by atoms with Gasteiger partial charge in [-0.3, -0.25) is 4.79 Å². The van der Waals surface area contributed by atoms with E-state index in [-0.39, 0.29) is 5.56 Å². The Morgan fingerprint density at radius 3 is 2.57 bits per heavy atom. The van der Waals surface area contributed by atoms with E-state index >= 15 is 0 Å². The van der Waals surface area contributed by atoms with Gasteiger partial charge in [-0.05, 0) is 13.0 Å². The standard InChI is InChI=1S/C10H10F2O2/c1-6(10(13)14-2)8-4-3-7(11)5-9(8)12/h3-6H,1-2H3. The van der Waals surface area contributed by atoms with Crippen LogP contribution in [0.15, 0.2) is 18.2 Å². The Kier molecular flexibility index (Phi) is 3.17. The average molecular weight is 200 g/mol. The van der Waals surface area contributed by atoms with Gasteiger partial charge < -0.3 is 4.74 Å². The number of hydrogen-bond acceptors (Lipinski definition) is 2. The molecule has 1 rings (SSSR count). The van der Waals surface area contributed by atoms with Gasteiger partial charge in [-0.1, -0.05) is 6.07 Å². The predicted octanol–water partition coefficient (Wildman–Crippen LogP) is 2.24. The molecule has 14 heavy (non-hydrogen) atoms. The smallest absolute Gasteiger partial charge is 0.312 e. The van der Waals surface area contributed by atoms with Crippen molar-refractivity contribution in [3.05, 3.63) is 35.4 Å². The van der Waals surface area contributed by atoms with E-state index in [2.05, 4.69) is 4.74 Å². The minimum atomic E-state index is -0.733. The molecular formula is C10H10F2O2. The molecule has 0 N–H and O–H groups in total. The molecule has 0 aliphatic heterocycles. The SMILES string of the molecule is COC(=O)C(C)c1ccc(F)cc1F. The van der Waals surface area contributed by atoms with Gasteiger partial charge in [-0.2, -0.15) is 0 Å². The monoisotopic (exact) mass is 200 g/mol. The van der Waals surface area contributed by atoms with Crippen LogP contribution < -0.4 is 0 Å². The highest BCUT2D eigenvalue weighted by Gasteiger charge is 2.19. The molecule has 0 bridgehead atoms. The van der Waals surface area contributed by atoms with E-state index in [0.29, 0.717) is 0 Å². The largest absolute Gasteiger partial charge is 0.469 e. The average Bonchev–Trinajstić information content (AvgIpc) is 2.15. The molecular weight excluding hydrogens is 190 g/mol. The van der Waals surface area contributed by atoms with Crippen LogP contribution in [0.1, 0.15) is 18.4 Å². The van der Waals surface area contributed by atoms with Gasteiger partial charge in [-0.25, -0.2) is 8.78 Å². The molecule has 1 aromatic rings. The lowest BCUT2D eigenvalue weighted by atomic mass is 10.0. The number of esters is 1. The molecule has 0 fully saturated rings. The third kappa shape index (κ3) is 2.07. The number of carbonyl (C=O) groups is 1. The zero-order chi connectivity index (χ0) is 10.7. The van der Waals surface area contributed by atoms with Gasteiger partial charge in [0.1, 0.15) is 11.6 Å². The highest BCUT2D eigenvalue weighted by atomic mass is 19.1. The summed E-state index contributed by atoms with van der Waals surface area (Å²) in [6, 6.07) is 3.10. The number of halogens is 2. The highest BCUT2D eigenvalue weighted by Crippen LogP contribution is 2.20. The first-order valence-corrected chi connectivity index (χ1v) is 4.09. The van der Waals surface area contributed by atoms with Gasteiger partial charge in [0.15, 0.2) is 0 Å².